The molecule has 158 valence electrons. The maximum absolute atomic E-state index is 12.3. The second-order valence-electron chi connectivity index (χ2n) is 6.90. The number of halogens is 1. The third kappa shape index (κ3) is 4.61. The maximum Gasteiger partial charge on any atom is 0.324 e. The van der Waals surface area contributed by atoms with E-state index >= 15 is 0 Å². The van der Waals surface area contributed by atoms with Crippen molar-refractivity contribution in [2.24, 2.45) is 5.16 Å². The molecule has 1 aromatic heterocycles. The Labute approximate surface area is 177 Å². The van der Waals surface area contributed by atoms with Crippen molar-refractivity contribution in [1.29, 1.82) is 0 Å². The second-order valence-corrected chi connectivity index (χ2v) is 7.33. The van der Waals surface area contributed by atoms with Crippen molar-refractivity contribution in [2.75, 3.05) is 36.5 Å². The lowest BCUT2D eigenvalue weighted by molar-refractivity contribution is -0.169. The van der Waals surface area contributed by atoms with E-state index in [1.807, 2.05) is 4.90 Å². The molecule has 2 aromatic rings. The van der Waals surface area contributed by atoms with Gasteiger partial charge in [-0.3, -0.25) is 10.3 Å². The van der Waals surface area contributed by atoms with Crippen molar-refractivity contribution in [1.82, 2.24) is 15.3 Å². The van der Waals surface area contributed by atoms with Gasteiger partial charge in [-0.25, -0.2) is 9.78 Å². The molecule has 11 heteroatoms. The summed E-state index contributed by atoms with van der Waals surface area (Å²) in [5.74, 6) is -0.00227. The highest BCUT2D eigenvalue weighted by Gasteiger charge is 2.40. The minimum absolute atomic E-state index is 0.125. The van der Waals surface area contributed by atoms with Gasteiger partial charge in [0.1, 0.15) is 11.5 Å². The topological polar surface area (TPSA) is 121 Å². The van der Waals surface area contributed by atoms with Crippen LogP contribution in [0.5, 0.6) is 0 Å². The van der Waals surface area contributed by atoms with Crippen LogP contribution in [0.2, 0.25) is 5.02 Å². The van der Waals surface area contributed by atoms with Crippen LogP contribution in [0, 0.1) is 0 Å². The Hall–Kier alpha value is -2.95. The number of aromatic nitrogens is 2. The molecular formula is C19H21ClN6O4. The molecule has 4 rings (SSSR count). The number of anilines is 2. The number of carbonyl (C=O) groups is 1. The van der Waals surface area contributed by atoms with E-state index in [-0.39, 0.29) is 11.5 Å². The molecule has 0 aliphatic carbocycles. The first-order chi connectivity index (χ1) is 14.6. The van der Waals surface area contributed by atoms with E-state index in [9.17, 15) is 10.0 Å². The Kier molecular flexibility index (Phi) is 5.98. The van der Waals surface area contributed by atoms with Crippen LogP contribution in [-0.4, -0.2) is 59.1 Å². The summed E-state index contributed by atoms with van der Waals surface area (Å²) in [6, 6.07) is 6.08. The van der Waals surface area contributed by atoms with Gasteiger partial charge in [0, 0.05) is 36.6 Å². The van der Waals surface area contributed by atoms with Crippen LogP contribution in [0.4, 0.5) is 16.3 Å². The van der Waals surface area contributed by atoms with Gasteiger partial charge in [-0.15, -0.1) is 0 Å². The molecule has 0 atom stereocenters. The van der Waals surface area contributed by atoms with Gasteiger partial charge in [-0.1, -0.05) is 22.8 Å². The summed E-state index contributed by atoms with van der Waals surface area (Å²) in [5, 5.41) is 18.1. The normalized spacial score (nSPS) is 18.4. The molecule has 1 aromatic carbocycles. The molecule has 2 saturated heterocycles. The first-order valence-electron chi connectivity index (χ1n) is 9.48. The van der Waals surface area contributed by atoms with Crippen LogP contribution < -0.4 is 15.5 Å². The minimum Gasteiger partial charge on any atom is -0.409 e. The monoisotopic (exact) mass is 432 g/mol. The third-order valence-electron chi connectivity index (χ3n) is 4.94. The van der Waals surface area contributed by atoms with Gasteiger partial charge in [0.15, 0.2) is 5.79 Å². The number of oxime groups is 1. The molecule has 2 amide bonds. The summed E-state index contributed by atoms with van der Waals surface area (Å²) in [5.41, 5.74) is 0.723. The minimum atomic E-state index is -0.604. The molecule has 10 nitrogen and oxygen atoms in total. The SMILES string of the molecule is O=C(N/C(=N\O)c1cncc(N2CCC3(CC2)OCCO3)n1)Nc1cccc(Cl)c1. The average molecular weight is 433 g/mol. The zero-order chi connectivity index (χ0) is 21.0. The predicted octanol–water partition coefficient (Wildman–Crippen LogP) is 2.43. The summed E-state index contributed by atoms with van der Waals surface area (Å²) in [7, 11) is 0. The number of ether oxygens (including phenoxy) is 2. The maximum atomic E-state index is 12.3. The van der Waals surface area contributed by atoms with Crippen molar-refractivity contribution in [3.8, 4) is 0 Å². The van der Waals surface area contributed by atoms with Crippen LogP contribution in [0.1, 0.15) is 18.5 Å². The van der Waals surface area contributed by atoms with Gasteiger partial charge < -0.3 is 24.9 Å². The van der Waals surface area contributed by atoms with E-state index in [1.165, 1.54) is 6.20 Å². The number of hydrogen-bond acceptors (Lipinski definition) is 8. The number of amidine groups is 1. The number of amides is 2. The van der Waals surface area contributed by atoms with Gasteiger partial charge in [-0.2, -0.15) is 0 Å². The van der Waals surface area contributed by atoms with Gasteiger partial charge in [0.25, 0.3) is 0 Å². The fourth-order valence-electron chi connectivity index (χ4n) is 3.46. The molecule has 0 radical (unpaired) electrons. The first-order valence-corrected chi connectivity index (χ1v) is 9.86. The van der Waals surface area contributed by atoms with Crippen molar-refractivity contribution >= 4 is 35.0 Å². The summed E-state index contributed by atoms with van der Waals surface area (Å²) in [4.78, 5) is 23.0. The molecule has 0 bridgehead atoms. The quantitative estimate of drug-likeness (QED) is 0.295. The van der Waals surface area contributed by atoms with Crippen molar-refractivity contribution in [3.63, 3.8) is 0 Å². The van der Waals surface area contributed by atoms with Crippen LogP contribution in [0.15, 0.2) is 41.8 Å². The summed E-state index contributed by atoms with van der Waals surface area (Å²) < 4.78 is 11.5. The van der Waals surface area contributed by atoms with Crippen LogP contribution in [0.3, 0.4) is 0 Å². The fraction of sp³-hybridized carbons (Fsp3) is 0.368. The molecule has 30 heavy (non-hydrogen) atoms. The molecule has 2 aliphatic heterocycles. The summed E-state index contributed by atoms with van der Waals surface area (Å²) in [6.07, 6.45) is 4.48. The van der Waals surface area contributed by atoms with Crippen molar-refractivity contribution < 1.29 is 19.5 Å². The molecule has 3 N–H and O–H groups in total. The molecule has 0 saturated carbocycles. The molecular weight excluding hydrogens is 412 g/mol. The van der Waals surface area contributed by atoms with E-state index in [1.54, 1.807) is 30.5 Å². The zero-order valence-corrected chi connectivity index (χ0v) is 16.8. The summed E-state index contributed by atoms with van der Waals surface area (Å²) in [6.45, 7) is 2.61. The molecule has 0 unspecified atom stereocenters. The van der Waals surface area contributed by atoms with E-state index < -0.39 is 11.8 Å². The summed E-state index contributed by atoms with van der Waals surface area (Å²) >= 11 is 5.91. The standard InChI is InChI=1S/C19H21ClN6O4/c20-13-2-1-3-14(10-13)22-18(27)24-17(25-28)15-11-21-12-16(23-15)26-6-4-19(5-7-26)29-8-9-30-19/h1-3,10-12,28H,4-9H2,(H2,22,24,25,27). The van der Waals surface area contributed by atoms with Crippen LogP contribution >= 0.6 is 11.6 Å². The van der Waals surface area contributed by atoms with Gasteiger partial charge in [-0.05, 0) is 18.2 Å². The third-order valence-corrected chi connectivity index (χ3v) is 5.18. The largest absolute Gasteiger partial charge is 0.409 e. The number of urea groups is 1. The second kappa shape index (κ2) is 8.82. The number of carbonyl (C=O) groups excluding carboxylic acids is 1. The lowest BCUT2D eigenvalue weighted by atomic mass is 10.0. The van der Waals surface area contributed by atoms with E-state index in [4.69, 9.17) is 21.1 Å². The Balaban J connectivity index is 1.41. The average Bonchev–Trinajstić information content (AvgIpc) is 3.20. The first kappa shape index (κ1) is 20.3. The van der Waals surface area contributed by atoms with Gasteiger partial charge >= 0.3 is 6.03 Å². The highest BCUT2D eigenvalue weighted by atomic mass is 35.5. The number of hydrogen-bond donors (Lipinski definition) is 3. The lowest BCUT2D eigenvalue weighted by Gasteiger charge is -2.38. The predicted molar refractivity (Wildman–Crippen MR) is 110 cm³/mol. The Morgan fingerprint density at radius 3 is 2.70 bits per heavy atom. The number of piperidine rings is 1. The number of rotatable bonds is 3. The zero-order valence-electron chi connectivity index (χ0n) is 16.0. The van der Waals surface area contributed by atoms with E-state index in [0.717, 1.165) is 12.8 Å². The lowest BCUT2D eigenvalue weighted by Crippen LogP contribution is -2.45. The Morgan fingerprint density at radius 2 is 2.00 bits per heavy atom. The van der Waals surface area contributed by atoms with Crippen LogP contribution in [-0.2, 0) is 9.47 Å². The van der Waals surface area contributed by atoms with E-state index in [2.05, 4.69) is 25.8 Å². The van der Waals surface area contributed by atoms with Crippen LogP contribution in [0.25, 0.3) is 0 Å². The number of nitrogens with zero attached hydrogens (tertiary/aromatic N) is 4. The van der Waals surface area contributed by atoms with Crippen molar-refractivity contribution in [2.45, 2.75) is 18.6 Å². The van der Waals surface area contributed by atoms with Gasteiger partial charge in [0.2, 0.25) is 5.84 Å². The number of nitrogens with one attached hydrogen (secondary N) is 2. The van der Waals surface area contributed by atoms with Gasteiger partial charge in [0.05, 0.1) is 25.6 Å². The number of benzene rings is 1. The van der Waals surface area contributed by atoms with E-state index in [0.29, 0.717) is 42.8 Å². The Bertz CT molecular complexity index is 940. The van der Waals surface area contributed by atoms with Crippen molar-refractivity contribution in [3.05, 3.63) is 47.4 Å². The molecule has 3 heterocycles. The highest BCUT2D eigenvalue weighted by molar-refractivity contribution is 6.30. The smallest absolute Gasteiger partial charge is 0.324 e. The fourth-order valence-corrected chi connectivity index (χ4v) is 3.65. The molecule has 2 fully saturated rings. The molecule has 2 aliphatic rings. The highest BCUT2D eigenvalue weighted by Crippen LogP contribution is 2.32. The molecule has 1 spiro atoms. The Morgan fingerprint density at radius 1 is 1.23 bits per heavy atom.